The molecule has 6 heteroatoms. The van der Waals surface area contributed by atoms with E-state index in [1.165, 1.54) is 26.1 Å². The monoisotopic (exact) mass is 278 g/mol. The van der Waals surface area contributed by atoms with Crippen molar-refractivity contribution in [2.45, 2.75) is 37.0 Å². The van der Waals surface area contributed by atoms with E-state index in [9.17, 15) is 13.2 Å². The zero-order valence-electron chi connectivity index (χ0n) is 10.8. The molecule has 19 heavy (non-hydrogen) atoms. The number of ketones is 1. The highest BCUT2D eigenvalue weighted by atomic mass is 32.2. The minimum Gasteiger partial charge on any atom is -0.293 e. The molecule has 5 nitrogen and oxygen atoms in total. The third-order valence-corrected chi connectivity index (χ3v) is 5.16. The van der Waals surface area contributed by atoms with Crippen molar-refractivity contribution in [2.75, 3.05) is 5.75 Å². The van der Waals surface area contributed by atoms with Gasteiger partial charge < -0.3 is 0 Å². The minimum absolute atomic E-state index is 0.0423. The Bertz CT molecular complexity index is 682. The fraction of sp³-hybridized carbons (Fsp3) is 0.462. The molecule has 0 aliphatic heterocycles. The van der Waals surface area contributed by atoms with Crippen molar-refractivity contribution < 1.29 is 13.2 Å². The summed E-state index contributed by atoms with van der Waals surface area (Å²) in [7, 11) is -3.53. The molecule has 0 aromatic carbocycles. The van der Waals surface area contributed by atoms with Gasteiger partial charge in [-0.15, -0.1) is 0 Å². The normalized spacial score (nSPS) is 16.7. The fourth-order valence-corrected chi connectivity index (χ4v) is 3.06. The van der Waals surface area contributed by atoms with Crippen LogP contribution in [0.2, 0.25) is 0 Å². The predicted molar refractivity (Wildman–Crippen MR) is 68.5 cm³/mol. The molecule has 2 rings (SSSR count). The quantitative estimate of drug-likeness (QED) is 0.781. The van der Waals surface area contributed by atoms with Crippen LogP contribution in [0, 0.1) is 11.3 Å². The van der Waals surface area contributed by atoms with Gasteiger partial charge in [0.05, 0.1) is 22.1 Å². The summed E-state index contributed by atoms with van der Waals surface area (Å²) in [5.74, 6) is -0.488. The standard InChI is InChI=1S/C13H14N2O3S/c1-3-19(17,18)11-6-10(13(8-14)4-5-13)7-15-12(11)9(2)16/h6-7H,3-5H2,1-2H3. The van der Waals surface area contributed by atoms with Crippen molar-refractivity contribution >= 4 is 15.6 Å². The molecule has 1 saturated carbocycles. The summed E-state index contributed by atoms with van der Waals surface area (Å²) >= 11 is 0. The van der Waals surface area contributed by atoms with Gasteiger partial charge in [-0.2, -0.15) is 5.26 Å². The van der Waals surface area contributed by atoms with Crippen molar-refractivity contribution in [3.05, 3.63) is 23.5 Å². The van der Waals surface area contributed by atoms with Crippen molar-refractivity contribution in [3.8, 4) is 6.07 Å². The first-order valence-electron chi connectivity index (χ1n) is 6.02. The first-order valence-corrected chi connectivity index (χ1v) is 7.67. The van der Waals surface area contributed by atoms with Crippen LogP contribution in [-0.4, -0.2) is 24.9 Å². The molecule has 0 bridgehead atoms. The lowest BCUT2D eigenvalue weighted by Crippen LogP contribution is -2.14. The second-order valence-corrected chi connectivity index (χ2v) is 6.97. The van der Waals surface area contributed by atoms with Crippen LogP contribution in [0.1, 0.15) is 42.7 Å². The summed E-state index contributed by atoms with van der Waals surface area (Å²) in [6.07, 6.45) is 2.86. The van der Waals surface area contributed by atoms with Crippen molar-refractivity contribution in [3.63, 3.8) is 0 Å². The lowest BCUT2D eigenvalue weighted by Gasteiger charge is -2.11. The topological polar surface area (TPSA) is 87.9 Å². The van der Waals surface area contributed by atoms with Crippen LogP contribution in [0.15, 0.2) is 17.2 Å². The van der Waals surface area contributed by atoms with Gasteiger partial charge in [0.2, 0.25) is 0 Å². The summed E-state index contributed by atoms with van der Waals surface area (Å²) in [4.78, 5) is 15.4. The van der Waals surface area contributed by atoms with E-state index < -0.39 is 15.3 Å². The number of sulfone groups is 1. The number of hydrogen-bond acceptors (Lipinski definition) is 5. The van der Waals surface area contributed by atoms with E-state index in [0.29, 0.717) is 18.4 Å². The number of hydrogen-bond donors (Lipinski definition) is 0. The molecule has 1 aliphatic carbocycles. The maximum atomic E-state index is 12.0. The van der Waals surface area contributed by atoms with Crippen LogP contribution in [-0.2, 0) is 15.3 Å². The summed E-state index contributed by atoms with van der Waals surface area (Å²) in [6, 6.07) is 3.64. The number of nitriles is 1. The third-order valence-electron chi connectivity index (χ3n) is 3.42. The molecule has 1 fully saturated rings. The molecule has 0 spiro atoms. The molecule has 0 amide bonds. The van der Waals surface area contributed by atoms with Gasteiger partial charge in [-0.25, -0.2) is 8.42 Å². The largest absolute Gasteiger partial charge is 0.293 e. The first-order chi connectivity index (χ1) is 8.86. The maximum Gasteiger partial charge on any atom is 0.180 e. The number of rotatable bonds is 4. The van der Waals surface area contributed by atoms with Gasteiger partial charge in [0.15, 0.2) is 15.6 Å². The molecule has 1 aromatic heterocycles. The Morgan fingerprint density at radius 1 is 1.53 bits per heavy atom. The fourth-order valence-electron chi connectivity index (χ4n) is 1.95. The highest BCUT2D eigenvalue weighted by Crippen LogP contribution is 2.47. The van der Waals surface area contributed by atoms with Crippen LogP contribution < -0.4 is 0 Å². The lowest BCUT2D eigenvalue weighted by atomic mass is 9.99. The smallest absolute Gasteiger partial charge is 0.180 e. The molecule has 0 radical (unpaired) electrons. The summed E-state index contributed by atoms with van der Waals surface area (Å²) < 4.78 is 24.1. The number of pyridine rings is 1. The second-order valence-electron chi connectivity index (χ2n) is 4.72. The van der Waals surface area contributed by atoms with E-state index in [1.54, 1.807) is 0 Å². The number of carbonyl (C=O) groups excluding carboxylic acids is 1. The number of Topliss-reactive ketones (excluding diaryl/α,β-unsaturated/α-hetero) is 1. The molecule has 0 N–H and O–H groups in total. The highest BCUT2D eigenvalue weighted by Gasteiger charge is 2.45. The van der Waals surface area contributed by atoms with Crippen LogP contribution in [0.4, 0.5) is 0 Å². The van der Waals surface area contributed by atoms with E-state index in [0.717, 1.165) is 0 Å². The molecule has 100 valence electrons. The second kappa shape index (κ2) is 4.42. The molecule has 1 aliphatic rings. The predicted octanol–water partition coefficient (Wildman–Crippen LogP) is 1.63. The lowest BCUT2D eigenvalue weighted by molar-refractivity contribution is 0.100. The van der Waals surface area contributed by atoms with E-state index in [2.05, 4.69) is 11.1 Å². The summed E-state index contributed by atoms with van der Waals surface area (Å²) in [6.45, 7) is 2.80. The zero-order valence-corrected chi connectivity index (χ0v) is 11.6. The van der Waals surface area contributed by atoms with Gasteiger partial charge in [-0.1, -0.05) is 6.92 Å². The summed E-state index contributed by atoms with van der Waals surface area (Å²) in [5.41, 5.74) is -0.0632. The molecule has 1 heterocycles. The third kappa shape index (κ3) is 2.26. The van der Waals surface area contributed by atoms with Crippen molar-refractivity contribution in [1.82, 2.24) is 4.98 Å². The minimum atomic E-state index is -3.53. The van der Waals surface area contributed by atoms with Gasteiger partial charge in [0.1, 0.15) is 5.69 Å². The molecular weight excluding hydrogens is 264 g/mol. The Hall–Kier alpha value is -1.74. The van der Waals surface area contributed by atoms with Gasteiger partial charge in [-0.3, -0.25) is 9.78 Å². The molecule has 0 saturated heterocycles. The zero-order chi connectivity index (χ0) is 14.3. The Morgan fingerprint density at radius 2 is 2.16 bits per heavy atom. The van der Waals surface area contributed by atoms with Gasteiger partial charge in [0.25, 0.3) is 0 Å². The van der Waals surface area contributed by atoms with Crippen LogP contribution in [0.3, 0.4) is 0 Å². The SMILES string of the molecule is CCS(=O)(=O)c1cc(C2(C#N)CC2)cnc1C(C)=O. The van der Waals surface area contributed by atoms with Crippen LogP contribution in [0.5, 0.6) is 0 Å². The van der Waals surface area contributed by atoms with E-state index in [1.807, 2.05) is 0 Å². The van der Waals surface area contributed by atoms with Crippen molar-refractivity contribution in [1.29, 1.82) is 5.26 Å². The van der Waals surface area contributed by atoms with E-state index in [-0.39, 0.29) is 22.1 Å². The Balaban J connectivity index is 2.65. The molecular formula is C13H14N2O3S. The molecule has 0 atom stereocenters. The van der Waals surface area contributed by atoms with Crippen molar-refractivity contribution in [2.24, 2.45) is 0 Å². The maximum absolute atomic E-state index is 12.0. The molecule has 0 unspecified atom stereocenters. The number of aromatic nitrogens is 1. The van der Waals surface area contributed by atoms with Gasteiger partial charge >= 0.3 is 0 Å². The Kier molecular flexibility index (Phi) is 3.19. The van der Waals surface area contributed by atoms with Gasteiger partial charge in [0, 0.05) is 13.1 Å². The van der Waals surface area contributed by atoms with E-state index >= 15 is 0 Å². The summed E-state index contributed by atoms with van der Waals surface area (Å²) in [5, 5.41) is 9.15. The average molecular weight is 278 g/mol. The molecule has 1 aromatic rings. The van der Waals surface area contributed by atoms with Gasteiger partial charge in [-0.05, 0) is 24.5 Å². The Labute approximate surface area is 112 Å². The first kappa shape index (κ1) is 13.7. The average Bonchev–Trinajstić information content (AvgIpc) is 3.19. The number of carbonyl (C=O) groups is 1. The highest BCUT2D eigenvalue weighted by molar-refractivity contribution is 7.91. The van der Waals surface area contributed by atoms with Crippen LogP contribution >= 0.6 is 0 Å². The van der Waals surface area contributed by atoms with Crippen LogP contribution in [0.25, 0.3) is 0 Å². The Morgan fingerprint density at radius 3 is 2.58 bits per heavy atom. The number of nitrogens with zero attached hydrogens (tertiary/aromatic N) is 2. The van der Waals surface area contributed by atoms with E-state index in [4.69, 9.17) is 5.26 Å².